The summed E-state index contributed by atoms with van der Waals surface area (Å²) in [5.41, 5.74) is 4.46. The third-order valence-electron chi connectivity index (χ3n) is 3.97. The summed E-state index contributed by atoms with van der Waals surface area (Å²) in [6.07, 6.45) is 5.26. The van der Waals surface area contributed by atoms with Crippen LogP contribution in [0.1, 0.15) is 22.3 Å². The second-order valence-corrected chi connectivity index (χ2v) is 5.87. The van der Waals surface area contributed by atoms with Gasteiger partial charge in [0.25, 0.3) is 0 Å². The van der Waals surface area contributed by atoms with Crippen molar-refractivity contribution in [1.29, 1.82) is 5.26 Å². The predicted molar refractivity (Wildman–Crippen MR) is 92.2 cm³/mol. The van der Waals surface area contributed by atoms with Crippen LogP contribution in [0.3, 0.4) is 0 Å². The van der Waals surface area contributed by atoms with Gasteiger partial charge in [-0.15, -0.1) is 0 Å². The topological polar surface area (TPSA) is 36.3 Å². The van der Waals surface area contributed by atoms with E-state index < -0.39 is 0 Å². The molecule has 0 spiro atoms. The Balaban J connectivity index is 1.53. The van der Waals surface area contributed by atoms with E-state index in [1.54, 1.807) is 0 Å². The first kappa shape index (κ1) is 15.3. The van der Waals surface area contributed by atoms with E-state index >= 15 is 0 Å². The molecule has 3 heteroatoms. The lowest BCUT2D eigenvalue weighted by Gasteiger charge is -2.15. The van der Waals surface area contributed by atoms with Gasteiger partial charge in [-0.3, -0.25) is 4.90 Å². The Morgan fingerprint density at radius 1 is 1.22 bits per heavy atom. The highest BCUT2D eigenvalue weighted by atomic mass is 16.5. The largest absolute Gasteiger partial charge is 0.493 e. The van der Waals surface area contributed by atoms with Crippen molar-refractivity contribution in [2.24, 2.45) is 0 Å². The van der Waals surface area contributed by atoms with Crippen LogP contribution in [0.15, 0.2) is 48.5 Å². The van der Waals surface area contributed by atoms with Gasteiger partial charge in [0.2, 0.25) is 0 Å². The van der Waals surface area contributed by atoms with Gasteiger partial charge in [0.15, 0.2) is 0 Å². The maximum Gasteiger partial charge on any atom is 0.122 e. The summed E-state index contributed by atoms with van der Waals surface area (Å²) in [6.45, 7) is 2.61. The summed E-state index contributed by atoms with van der Waals surface area (Å²) < 4.78 is 5.54. The average Bonchev–Trinajstić information content (AvgIpc) is 3.03. The number of nitrogens with zero attached hydrogens (tertiary/aromatic N) is 2. The number of nitriles is 1. The van der Waals surface area contributed by atoms with E-state index in [1.165, 1.54) is 11.1 Å². The first-order valence-corrected chi connectivity index (χ1v) is 7.84. The van der Waals surface area contributed by atoms with E-state index in [0.29, 0.717) is 5.56 Å². The molecule has 0 saturated heterocycles. The Morgan fingerprint density at radius 3 is 2.83 bits per heavy atom. The van der Waals surface area contributed by atoms with Gasteiger partial charge in [0.1, 0.15) is 5.75 Å². The minimum atomic E-state index is 0.694. The summed E-state index contributed by atoms with van der Waals surface area (Å²) in [4.78, 5) is 2.28. The summed E-state index contributed by atoms with van der Waals surface area (Å²) in [6, 6.07) is 16.2. The van der Waals surface area contributed by atoms with Gasteiger partial charge >= 0.3 is 0 Å². The zero-order chi connectivity index (χ0) is 16.1. The molecule has 23 heavy (non-hydrogen) atoms. The molecule has 0 N–H and O–H groups in total. The molecule has 0 radical (unpaired) electrons. The van der Waals surface area contributed by atoms with Crippen LogP contribution >= 0.6 is 0 Å². The normalized spacial score (nSPS) is 13.1. The monoisotopic (exact) mass is 304 g/mol. The van der Waals surface area contributed by atoms with Crippen LogP contribution in [0.2, 0.25) is 0 Å². The SMILES string of the molecule is CN(CC=Cc1ccc(C#N)cc1)Cc1ccc2c(c1)CCO2. The second kappa shape index (κ2) is 7.13. The average molecular weight is 304 g/mol. The van der Waals surface area contributed by atoms with Crippen LogP contribution in [0.25, 0.3) is 6.08 Å². The van der Waals surface area contributed by atoms with Crippen LogP contribution in [-0.2, 0) is 13.0 Å². The van der Waals surface area contributed by atoms with Crippen molar-refractivity contribution in [3.8, 4) is 11.8 Å². The van der Waals surface area contributed by atoms with Gasteiger partial charge < -0.3 is 4.74 Å². The molecule has 0 bridgehead atoms. The molecule has 116 valence electrons. The zero-order valence-corrected chi connectivity index (χ0v) is 13.3. The van der Waals surface area contributed by atoms with Gasteiger partial charge in [-0.25, -0.2) is 0 Å². The van der Waals surface area contributed by atoms with Gasteiger partial charge in [-0.2, -0.15) is 5.26 Å². The molecule has 1 aliphatic rings. The van der Waals surface area contributed by atoms with Gasteiger partial charge in [-0.1, -0.05) is 36.4 Å². The fourth-order valence-corrected chi connectivity index (χ4v) is 2.75. The zero-order valence-electron chi connectivity index (χ0n) is 13.3. The molecular weight excluding hydrogens is 284 g/mol. The minimum absolute atomic E-state index is 0.694. The first-order valence-electron chi connectivity index (χ1n) is 7.84. The molecule has 0 aliphatic carbocycles. The fourth-order valence-electron chi connectivity index (χ4n) is 2.75. The van der Waals surface area contributed by atoms with Gasteiger partial charge in [-0.05, 0) is 41.9 Å². The molecule has 3 rings (SSSR count). The van der Waals surface area contributed by atoms with Crippen molar-refractivity contribution in [2.75, 3.05) is 20.2 Å². The van der Waals surface area contributed by atoms with Gasteiger partial charge in [0.05, 0.1) is 18.2 Å². The molecule has 3 nitrogen and oxygen atoms in total. The van der Waals surface area contributed by atoms with Crippen molar-refractivity contribution < 1.29 is 4.74 Å². The van der Waals surface area contributed by atoms with E-state index in [4.69, 9.17) is 10.00 Å². The molecule has 0 atom stereocenters. The number of likely N-dealkylation sites (N-methyl/N-ethyl adjacent to an activating group) is 1. The standard InChI is InChI=1S/C20H20N2O/c1-22(11-2-3-16-4-6-17(14-21)7-5-16)15-18-8-9-20-19(13-18)10-12-23-20/h2-9,13H,10-12,15H2,1H3. The Kier molecular flexibility index (Phi) is 4.75. The Morgan fingerprint density at radius 2 is 2.04 bits per heavy atom. The van der Waals surface area contributed by atoms with Crippen molar-refractivity contribution in [3.63, 3.8) is 0 Å². The molecule has 2 aromatic rings. The summed E-state index contributed by atoms with van der Waals surface area (Å²) in [5.74, 6) is 1.04. The molecule has 0 amide bonds. The lowest BCUT2D eigenvalue weighted by Crippen LogP contribution is -2.17. The van der Waals surface area contributed by atoms with E-state index in [9.17, 15) is 0 Å². The molecule has 0 fully saturated rings. The third-order valence-corrected chi connectivity index (χ3v) is 3.97. The lowest BCUT2D eigenvalue weighted by atomic mass is 10.1. The van der Waals surface area contributed by atoms with Crippen LogP contribution in [0, 0.1) is 11.3 Å². The van der Waals surface area contributed by atoms with Crippen molar-refractivity contribution >= 4 is 6.08 Å². The molecular formula is C20H20N2O. The van der Waals surface area contributed by atoms with Crippen LogP contribution in [0.4, 0.5) is 0 Å². The second-order valence-electron chi connectivity index (χ2n) is 5.87. The van der Waals surface area contributed by atoms with Crippen LogP contribution in [0.5, 0.6) is 5.75 Å². The Bertz CT molecular complexity index is 741. The number of fused-ring (bicyclic) bond motifs is 1. The number of benzene rings is 2. The molecule has 2 aromatic carbocycles. The molecule has 0 aromatic heterocycles. The quantitative estimate of drug-likeness (QED) is 0.846. The smallest absolute Gasteiger partial charge is 0.122 e. The molecule has 0 saturated carbocycles. The van der Waals surface area contributed by atoms with Gasteiger partial charge in [0, 0.05) is 19.5 Å². The van der Waals surface area contributed by atoms with Crippen molar-refractivity contribution in [3.05, 3.63) is 70.8 Å². The Labute approximate surface area is 137 Å². The Hall–Kier alpha value is -2.57. The summed E-state index contributed by atoms with van der Waals surface area (Å²) >= 11 is 0. The van der Waals surface area contributed by atoms with Crippen molar-refractivity contribution in [1.82, 2.24) is 4.90 Å². The molecule has 1 aliphatic heterocycles. The summed E-state index contributed by atoms with van der Waals surface area (Å²) in [5, 5.41) is 8.79. The first-order chi connectivity index (χ1) is 11.2. The molecule has 0 unspecified atom stereocenters. The summed E-state index contributed by atoms with van der Waals surface area (Å²) in [7, 11) is 2.12. The predicted octanol–water partition coefficient (Wildman–Crippen LogP) is 3.64. The van der Waals surface area contributed by atoms with Crippen LogP contribution in [-0.4, -0.2) is 25.1 Å². The third kappa shape index (κ3) is 4.00. The maximum absolute atomic E-state index is 8.79. The van der Waals surface area contributed by atoms with Crippen LogP contribution < -0.4 is 4.74 Å². The highest BCUT2D eigenvalue weighted by Gasteiger charge is 2.12. The number of hydrogen-bond donors (Lipinski definition) is 0. The highest BCUT2D eigenvalue weighted by molar-refractivity contribution is 5.51. The maximum atomic E-state index is 8.79. The fraction of sp³-hybridized carbons (Fsp3) is 0.250. The highest BCUT2D eigenvalue weighted by Crippen LogP contribution is 2.26. The van der Waals surface area contributed by atoms with E-state index in [2.05, 4.69) is 48.4 Å². The number of hydrogen-bond acceptors (Lipinski definition) is 3. The number of rotatable bonds is 5. The van der Waals surface area contributed by atoms with E-state index in [-0.39, 0.29) is 0 Å². The van der Waals surface area contributed by atoms with E-state index in [1.807, 2.05) is 24.3 Å². The van der Waals surface area contributed by atoms with E-state index in [0.717, 1.165) is 37.4 Å². The molecule has 1 heterocycles. The minimum Gasteiger partial charge on any atom is -0.493 e. The van der Waals surface area contributed by atoms with Crippen molar-refractivity contribution in [2.45, 2.75) is 13.0 Å². The lowest BCUT2D eigenvalue weighted by molar-refractivity contribution is 0.356. The number of ether oxygens (including phenoxy) is 1.